The lowest BCUT2D eigenvalue weighted by Gasteiger charge is -2.13. The Morgan fingerprint density at radius 2 is 0.962 bits per heavy atom. The maximum Gasteiger partial charge on any atom is 0.135 e. The van der Waals surface area contributed by atoms with Gasteiger partial charge in [0.25, 0.3) is 0 Å². The molecular formula is C24H28O2. The molecule has 0 aromatic heterocycles. The van der Waals surface area contributed by atoms with Gasteiger partial charge in [0.15, 0.2) is 0 Å². The molecule has 0 aliphatic rings. The monoisotopic (exact) mass is 348 g/mol. The second-order valence-corrected chi connectivity index (χ2v) is 8.38. The molecular weight excluding hydrogens is 320 g/mol. The highest BCUT2D eigenvalue weighted by Gasteiger charge is 2.14. The van der Waals surface area contributed by atoms with E-state index in [1.807, 2.05) is 24.3 Å². The van der Waals surface area contributed by atoms with Gasteiger partial charge in [-0.05, 0) is 65.8 Å². The van der Waals surface area contributed by atoms with Crippen molar-refractivity contribution in [2.75, 3.05) is 14.2 Å². The maximum absolute atomic E-state index is 5.56. The third-order valence-corrected chi connectivity index (χ3v) is 3.69. The van der Waals surface area contributed by atoms with E-state index in [9.17, 15) is 0 Å². The van der Waals surface area contributed by atoms with Crippen molar-refractivity contribution in [3.8, 4) is 35.2 Å². The first kappa shape index (κ1) is 19.7. The molecule has 0 spiro atoms. The summed E-state index contributed by atoms with van der Waals surface area (Å²) in [4.78, 5) is 0. The van der Waals surface area contributed by atoms with Crippen molar-refractivity contribution in [2.24, 2.45) is 10.8 Å². The van der Waals surface area contributed by atoms with Gasteiger partial charge in [-0.1, -0.05) is 23.7 Å². The molecule has 2 rings (SSSR count). The van der Waals surface area contributed by atoms with Crippen LogP contribution in [-0.2, 0) is 0 Å². The zero-order valence-corrected chi connectivity index (χ0v) is 17.1. The van der Waals surface area contributed by atoms with Crippen molar-refractivity contribution in [2.45, 2.75) is 41.5 Å². The highest BCUT2D eigenvalue weighted by molar-refractivity contribution is 5.96. The van der Waals surface area contributed by atoms with Crippen LogP contribution in [0.4, 0.5) is 0 Å². The standard InChI is InChI=1S/C24H28O2/c1-23(2,3)15-13-19-17-9-12-22(26-8)20(14-16-24(4,5)6)18(17)10-11-21(19)25-7/h9-12H,1-8H3. The van der Waals surface area contributed by atoms with Crippen LogP contribution in [-0.4, -0.2) is 14.2 Å². The van der Waals surface area contributed by atoms with E-state index in [0.717, 1.165) is 33.4 Å². The van der Waals surface area contributed by atoms with E-state index >= 15 is 0 Å². The highest BCUT2D eigenvalue weighted by Crippen LogP contribution is 2.34. The van der Waals surface area contributed by atoms with E-state index in [1.54, 1.807) is 14.2 Å². The topological polar surface area (TPSA) is 18.5 Å². The molecule has 0 N–H and O–H groups in total. The van der Waals surface area contributed by atoms with Gasteiger partial charge in [0.1, 0.15) is 11.5 Å². The minimum Gasteiger partial charge on any atom is -0.495 e. The summed E-state index contributed by atoms with van der Waals surface area (Å²) in [6.45, 7) is 12.6. The summed E-state index contributed by atoms with van der Waals surface area (Å²) in [6.07, 6.45) is 0. The van der Waals surface area contributed by atoms with Gasteiger partial charge in [-0.15, -0.1) is 0 Å². The van der Waals surface area contributed by atoms with Crippen molar-refractivity contribution in [3.63, 3.8) is 0 Å². The highest BCUT2D eigenvalue weighted by atomic mass is 16.5. The predicted molar refractivity (Wildman–Crippen MR) is 110 cm³/mol. The summed E-state index contributed by atoms with van der Waals surface area (Å²) in [5, 5.41) is 2.06. The lowest BCUT2D eigenvalue weighted by atomic mass is 9.94. The molecule has 136 valence electrons. The first-order valence-electron chi connectivity index (χ1n) is 8.80. The Morgan fingerprint density at radius 3 is 1.23 bits per heavy atom. The van der Waals surface area contributed by atoms with E-state index in [4.69, 9.17) is 9.47 Å². The van der Waals surface area contributed by atoms with Crippen molar-refractivity contribution in [3.05, 3.63) is 35.4 Å². The van der Waals surface area contributed by atoms with E-state index in [2.05, 4.69) is 65.2 Å². The number of ether oxygens (including phenoxy) is 2. The number of hydrogen-bond acceptors (Lipinski definition) is 2. The molecule has 0 unspecified atom stereocenters. The zero-order valence-electron chi connectivity index (χ0n) is 17.1. The Bertz CT molecular complexity index is 851. The van der Waals surface area contributed by atoms with E-state index < -0.39 is 0 Å². The Morgan fingerprint density at radius 1 is 0.615 bits per heavy atom. The number of methoxy groups -OCH3 is 2. The van der Waals surface area contributed by atoms with Crippen LogP contribution in [0.15, 0.2) is 24.3 Å². The van der Waals surface area contributed by atoms with Crippen molar-refractivity contribution in [1.29, 1.82) is 0 Å². The van der Waals surface area contributed by atoms with Crippen LogP contribution in [0.5, 0.6) is 11.5 Å². The molecule has 0 amide bonds. The summed E-state index contributed by atoms with van der Waals surface area (Å²) in [6, 6.07) is 7.98. The van der Waals surface area contributed by atoms with Gasteiger partial charge in [-0.25, -0.2) is 0 Å². The summed E-state index contributed by atoms with van der Waals surface area (Å²) in [7, 11) is 3.35. The largest absolute Gasteiger partial charge is 0.495 e. The third-order valence-electron chi connectivity index (χ3n) is 3.69. The van der Waals surface area contributed by atoms with Gasteiger partial charge in [0.2, 0.25) is 0 Å². The fourth-order valence-electron chi connectivity index (χ4n) is 2.46. The van der Waals surface area contributed by atoms with Gasteiger partial charge in [-0.3, -0.25) is 0 Å². The second-order valence-electron chi connectivity index (χ2n) is 8.38. The summed E-state index contributed by atoms with van der Waals surface area (Å²) < 4.78 is 11.1. The van der Waals surface area contributed by atoms with Crippen molar-refractivity contribution >= 4 is 10.8 Å². The lowest BCUT2D eigenvalue weighted by molar-refractivity contribution is 0.413. The van der Waals surface area contributed by atoms with Crippen LogP contribution >= 0.6 is 0 Å². The Labute approximate surface area is 157 Å². The van der Waals surface area contributed by atoms with Gasteiger partial charge in [0.05, 0.1) is 25.3 Å². The molecule has 0 aliphatic carbocycles. The van der Waals surface area contributed by atoms with Crippen LogP contribution in [0.3, 0.4) is 0 Å². The lowest BCUT2D eigenvalue weighted by Crippen LogP contribution is -2.01. The quantitative estimate of drug-likeness (QED) is 0.653. The van der Waals surface area contributed by atoms with E-state index in [0.29, 0.717) is 0 Å². The Kier molecular flexibility index (Phi) is 5.58. The van der Waals surface area contributed by atoms with Crippen LogP contribution < -0.4 is 9.47 Å². The zero-order chi connectivity index (χ0) is 19.5. The molecule has 0 radical (unpaired) electrons. The summed E-state index contributed by atoms with van der Waals surface area (Å²) in [5.41, 5.74) is 1.60. The maximum atomic E-state index is 5.56. The minimum atomic E-state index is -0.0888. The first-order valence-corrected chi connectivity index (χ1v) is 8.80. The van der Waals surface area contributed by atoms with Gasteiger partial charge in [0, 0.05) is 21.6 Å². The number of fused-ring (bicyclic) bond motifs is 1. The molecule has 0 bridgehead atoms. The normalized spacial score (nSPS) is 11.2. The van der Waals surface area contributed by atoms with Crippen LogP contribution in [0, 0.1) is 34.5 Å². The van der Waals surface area contributed by atoms with E-state index in [1.165, 1.54) is 0 Å². The third kappa shape index (κ3) is 4.74. The molecule has 2 aromatic rings. The second kappa shape index (κ2) is 7.35. The summed E-state index contributed by atoms with van der Waals surface area (Å²) in [5.74, 6) is 14.8. The van der Waals surface area contributed by atoms with Gasteiger partial charge >= 0.3 is 0 Å². The Hall–Kier alpha value is -2.58. The molecule has 0 atom stereocenters. The fourth-order valence-corrected chi connectivity index (χ4v) is 2.46. The molecule has 2 heteroatoms. The fraction of sp³-hybridized carbons (Fsp3) is 0.417. The van der Waals surface area contributed by atoms with E-state index in [-0.39, 0.29) is 10.8 Å². The van der Waals surface area contributed by atoms with Crippen molar-refractivity contribution < 1.29 is 9.47 Å². The average molecular weight is 348 g/mol. The predicted octanol–water partition coefficient (Wildman–Crippen LogP) is 5.65. The molecule has 26 heavy (non-hydrogen) atoms. The van der Waals surface area contributed by atoms with Crippen LogP contribution in [0.1, 0.15) is 52.7 Å². The number of benzene rings is 2. The molecule has 2 aromatic carbocycles. The van der Waals surface area contributed by atoms with Gasteiger partial charge in [-0.2, -0.15) is 0 Å². The summed E-state index contributed by atoms with van der Waals surface area (Å²) >= 11 is 0. The molecule has 0 saturated carbocycles. The molecule has 0 heterocycles. The van der Waals surface area contributed by atoms with Crippen LogP contribution in [0.25, 0.3) is 10.8 Å². The number of hydrogen-bond donors (Lipinski definition) is 0. The Balaban J connectivity index is 2.84. The van der Waals surface area contributed by atoms with Gasteiger partial charge < -0.3 is 9.47 Å². The molecule has 2 nitrogen and oxygen atoms in total. The molecule has 0 saturated heterocycles. The van der Waals surface area contributed by atoms with Crippen LogP contribution in [0.2, 0.25) is 0 Å². The number of rotatable bonds is 2. The molecule has 0 fully saturated rings. The smallest absolute Gasteiger partial charge is 0.135 e. The average Bonchev–Trinajstić information content (AvgIpc) is 2.55. The SMILES string of the molecule is COc1ccc2c(C#CC(C)(C)C)c(OC)ccc2c1C#CC(C)(C)C. The first-order chi connectivity index (χ1) is 12.1. The molecule has 0 aliphatic heterocycles. The minimum absolute atomic E-state index is 0.0888. The van der Waals surface area contributed by atoms with Crippen molar-refractivity contribution in [1.82, 2.24) is 0 Å².